The van der Waals surface area contributed by atoms with E-state index < -0.39 is 5.91 Å². The van der Waals surface area contributed by atoms with Crippen LogP contribution in [0.4, 0.5) is 0 Å². The van der Waals surface area contributed by atoms with Crippen molar-refractivity contribution in [1.82, 2.24) is 10.3 Å². The Labute approximate surface area is 204 Å². The molecular formula is C29H29N3O3. The molecule has 4 rings (SSSR count). The number of allylic oxidation sites excluding steroid dienone is 3. The summed E-state index contributed by atoms with van der Waals surface area (Å²) in [5.74, 6) is -0.700. The molecule has 6 heteroatoms. The van der Waals surface area contributed by atoms with Gasteiger partial charge in [-0.2, -0.15) is 0 Å². The second-order valence-electron chi connectivity index (χ2n) is 9.07. The quantitative estimate of drug-likeness (QED) is 0.490. The molecule has 0 fully saturated rings. The third-order valence-corrected chi connectivity index (χ3v) is 6.66. The molecule has 3 aromatic rings. The lowest BCUT2D eigenvalue weighted by atomic mass is 9.88. The molecule has 2 amide bonds. The fourth-order valence-electron chi connectivity index (χ4n) is 4.62. The molecular weight excluding hydrogens is 438 g/mol. The first-order valence-electron chi connectivity index (χ1n) is 11.7. The molecule has 0 spiro atoms. The molecule has 6 nitrogen and oxygen atoms in total. The third kappa shape index (κ3) is 5.22. The second-order valence-corrected chi connectivity index (χ2v) is 9.07. The van der Waals surface area contributed by atoms with Crippen molar-refractivity contribution in [2.45, 2.75) is 40.0 Å². The van der Waals surface area contributed by atoms with Crippen LogP contribution in [0.3, 0.4) is 0 Å². The maximum Gasteiger partial charge on any atom is 0.267 e. The van der Waals surface area contributed by atoms with E-state index in [9.17, 15) is 14.4 Å². The molecule has 1 heterocycles. The molecule has 178 valence electrons. The maximum atomic E-state index is 13.5. The lowest BCUT2D eigenvalue weighted by molar-refractivity contribution is 0.0966. The topological polar surface area (TPSA) is 102 Å². The van der Waals surface area contributed by atoms with Crippen LogP contribution in [0.2, 0.25) is 0 Å². The van der Waals surface area contributed by atoms with Gasteiger partial charge in [-0.3, -0.25) is 14.4 Å². The lowest BCUT2D eigenvalue weighted by Crippen LogP contribution is -2.26. The summed E-state index contributed by atoms with van der Waals surface area (Å²) in [5.41, 5.74) is 11.2. The van der Waals surface area contributed by atoms with Crippen molar-refractivity contribution in [2.24, 2.45) is 11.7 Å². The van der Waals surface area contributed by atoms with Crippen LogP contribution >= 0.6 is 0 Å². The van der Waals surface area contributed by atoms with E-state index in [0.717, 1.165) is 41.7 Å². The number of para-hydroxylation sites is 1. The van der Waals surface area contributed by atoms with Gasteiger partial charge in [0.25, 0.3) is 11.8 Å². The van der Waals surface area contributed by atoms with Crippen LogP contribution in [-0.4, -0.2) is 22.6 Å². The summed E-state index contributed by atoms with van der Waals surface area (Å²) in [6.45, 7) is 5.63. The van der Waals surface area contributed by atoms with Gasteiger partial charge in [0.15, 0.2) is 5.78 Å². The van der Waals surface area contributed by atoms with Gasteiger partial charge in [-0.15, -0.1) is 0 Å². The number of benzene rings is 2. The molecule has 1 unspecified atom stereocenters. The number of pyridine rings is 1. The summed E-state index contributed by atoms with van der Waals surface area (Å²) in [6, 6.07) is 16.4. The zero-order valence-corrected chi connectivity index (χ0v) is 20.2. The highest BCUT2D eigenvalue weighted by atomic mass is 16.2. The predicted molar refractivity (Wildman–Crippen MR) is 137 cm³/mol. The summed E-state index contributed by atoms with van der Waals surface area (Å²) in [5, 5.41) is 3.78. The highest BCUT2D eigenvalue weighted by Crippen LogP contribution is 2.31. The average Bonchev–Trinajstić information content (AvgIpc) is 2.97. The van der Waals surface area contributed by atoms with Crippen LogP contribution in [-0.2, 0) is 6.42 Å². The Morgan fingerprint density at radius 2 is 1.77 bits per heavy atom. The van der Waals surface area contributed by atoms with Crippen molar-refractivity contribution >= 4 is 28.5 Å². The molecule has 0 radical (unpaired) electrons. The van der Waals surface area contributed by atoms with Crippen LogP contribution in [0, 0.1) is 5.92 Å². The SMILES string of the molecule is CC(=O)c1ccc(CC2CCC=C(C)C(NC(=O)c3cc(C(N)=O)nc4ccccc34)=C2C)cc1. The molecule has 1 aliphatic carbocycles. The van der Waals surface area contributed by atoms with Crippen LogP contribution in [0.15, 0.2) is 77.5 Å². The van der Waals surface area contributed by atoms with E-state index in [1.807, 2.05) is 43.3 Å². The minimum absolute atomic E-state index is 0.0510. The zero-order chi connectivity index (χ0) is 25.1. The molecule has 0 bridgehead atoms. The number of Topliss-reactive ketones (excluding diaryl/α,β-unsaturated/α-hetero) is 1. The van der Waals surface area contributed by atoms with Crippen LogP contribution < -0.4 is 11.1 Å². The minimum atomic E-state index is -0.679. The highest BCUT2D eigenvalue weighted by molar-refractivity contribution is 6.09. The van der Waals surface area contributed by atoms with Gasteiger partial charge in [-0.25, -0.2) is 4.98 Å². The Balaban J connectivity index is 1.66. The van der Waals surface area contributed by atoms with Gasteiger partial charge in [0, 0.05) is 16.6 Å². The van der Waals surface area contributed by atoms with Gasteiger partial charge in [-0.05, 0) is 74.8 Å². The molecule has 0 aliphatic heterocycles. The molecule has 3 N–H and O–H groups in total. The standard InChI is InChI=1S/C29H29N3O3/c1-17-7-6-8-22(15-20-11-13-21(14-12-20)19(3)33)18(2)27(17)32-29(35)24-16-26(28(30)34)31-25-10-5-4-9-23(24)25/h4-5,7,9-14,16,22H,6,8,15H2,1-3H3,(H2,30,34)(H,32,35). The Morgan fingerprint density at radius 3 is 2.46 bits per heavy atom. The Morgan fingerprint density at radius 1 is 1.06 bits per heavy atom. The van der Waals surface area contributed by atoms with Gasteiger partial charge in [0.1, 0.15) is 5.69 Å². The van der Waals surface area contributed by atoms with Crippen LogP contribution in [0.5, 0.6) is 0 Å². The number of rotatable bonds is 6. The number of primary amides is 1. The molecule has 1 aromatic heterocycles. The summed E-state index contributed by atoms with van der Waals surface area (Å²) in [4.78, 5) is 41.2. The second kappa shape index (κ2) is 10.1. The minimum Gasteiger partial charge on any atom is -0.364 e. The number of carbonyl (C=O) groups excluding carboxylic acids is 3. The Bertz CT molecular complexity index is 1380. The summed E-state index contributed by atoms with van der Waals surface area (Å²) in [7, 11) is 0. The number of amides is 2. The first-order chi connectivity index (χ1) is 16.7. The first-order valence-corrected chi connectivity index (χ1v) is 11.7. The number of nitrogens with two attached hydrogens (primary N) is 1. The van der Waals surface area contributed by atoms with Crippen molar-refractivity contribution in [3.8, 4) is 0 Å². The van der Waals surface area contributed by atoms with Crippen molar-refractivity contribution < 1.29 is 14.4 Å². The molecule has 2 aromatic carbocycles. The zero-order valence-electron chi connectivity index (χ0n) is 20.2. The normalized spacial score (nSPS) is 16.0. The van der Waals surface area contributed by atoms with E-state index in [1.54, 1.807) is 19.1 Å². The molecule has 0 saturated carbocycles. The fourth-order valence-corrected chi connectivity index (χ4v) is 4.62. The van der Waals surface area contributed by atoms with E-state index in [-0.39, 0.29) is 23.3 Å². The summed E-state index contributed by atoms with van der Waals surface area (Å²) >= 11 is 0. The first kappa shape index (κ1) is 24.1. The molecule has 1 atom stereocenters. The van der Waals surface area contributed by atoms with Gasteiger partial charge in [-0.1, -0.05) is 48.5 Å². The van der Waals surface area contributed by atoms with Gasteiger partial charge in [0.05, 0.1) is 11.1 Å². The molecule has 35 heavy (non-hydrogen) atoms. The smallest absolute Gasteiger partial charge is 0.267 e. The molecule has 1 aliphatic rings. The molecule has 0 saturated heterocycles. The largest absolute Gasteiger partial charge is 0.364 e. The van der Waals surface area contributed by atoms with Gasteiger partial charge >= 0.3 is 0 Å². The van der Waals surface area contributed by atoms with Crippen LogP contribution in [0.25, 0.3) is 10.9 Å². The van der Waals surface area contributed by atoms with Gasteiger partial charge < -0.3 is 11.1 Å². The van der Waals surface area contributed by atoms with Crippen molar-refractivity contribution in [3.63, 3.8) is 0 Å². The van der Waals surface area contributed by atoms with Crippen molar-refractivity contribution in [1.29, 1.82) is 0 Å². The van der Waals surface area contributed by atoms with E-state index >= 15 is 0 Å². The van der Waals surface area contributed by atoms with Crippen molar-refractivity contribution in [2.75, 3.05) is 0 Å². The van der Waals surface area contributed by atoms with E-state index in [4.69, 9.17) is 5.73 Å². The summed E-state index contributed by atoms with van der Waals surface area (Å²) in [6.07, 6.45) is 4.83. The number of nitrogens with zero attached hydrogens (tertiary/aromatic N) is 1. The maximum absolute atomic E-state index is 13.5. The third-order valence-electron chi connectivity index (χ3n) is 6.66. The van der Waals surface area contributed by atoms with E-state index in [2.05, 4.69) is 23.3 Å². The average molecular weight is 468 g/mol. The monoisotopic (exact) mass is 467 g/mol. The predicted octanol–water partition coefficient (Wildman–Crippen LogP) is 5.14. The fraction of sp³-hybridized carbons (Fsp3) is 0.241. The number of aromatic nitrogens is 1. The Hall–Kier alpha value is -4.06. The van der Waals surface area contributed by atoms with Gasteiger partial charge in [0.2, 0.25) is 0 Å². The number of hydrogen-bond acceptors (Lipinski definition) is 4. The number of hydrogen-bond donors (Lipinski definition) is 2. The van der Waals surface area contributed by atoms with E-state index in [0.29, 0.717) is 22.0 Å². The van der Waals surface area contributed by atoms with E-state index in [1.165, 1.54) is 6.07 Å². The lowest BCUT2D eigenvalue weighted by Gasteiger charge is -2.21. The number of ketones is 1. The highest BCUT2D eigenvalue weighted by Gasteiger charge is 2.22. The number of fused-ring (bicyclic) bond motifs is 1. The Kier molecular flexibility index (Phi) is 6.92. The van der Waals surface area contributed by atoms with Crippen molar-refractivity contribution in [3.05, 3.63) is 99.9 Å². The van der Waals surface area contributed by atoms with Crippen LogP contribution in [0.1, 0.15) is 70.4 Å². The number of carbonyl (C=O) groups is 3. The summed E-state index contributed by atoms with van der Waals surface area (Å²) < 4.78 is 0. The number of nitrogens with one attached hydrogen (secondary N) is 1.